The number of allylic oxidation sites excluding steroid dienone is 2. The molecule has 0 aliphatic heterocycles. The predicted molar refractivity (Wildman–Crippen MR) is 102 cm³/mol. The Morgan fingerprint density at radius 3 is 2.52 bits per heavy atom. The van der Waals surface area contributed by atoms with Gasteiger partial charge in [0.1, 0.15) is 5.82 Å². The summed E-state index contributed by atoms with van der Waals surface area (Å²) >= 11 is 1.70. The zero-order valence-corrected chi connectivity index (χ0v) is 15.2. The van der Waals surface area contributed by atoms with E-state index in [0.29, 0.717) is 0 Å². The Bertz CT molecular complexity index is 879. The van der Waals surface area contributed by atoms with E-state index in [9.17, 15) is 9.18 Å². The molecule has 0 heterocycles. The van der Waals surface area contributed by atoms with Crippen LogP contribution >= 0.6 is 11.8 Å². The first kappa shape index (κ1) is 17.5. The molecule has 1 aliphatic carbocycles. The van der Waals surface area contributed by atoms with Crippen molar-refractivity contribution < 1.29 is 13.9 Å². The van der Waals surface area contributed by atoms with E-state index >= 15 is 0 Å². The molecule has 128 valence electrons. The number of benzene rings is 2. The molecule has 0 radical (unpaired) electrons. The van der Waals surface area contributed by atoms with E-state index in [4.69, 9.17) is 4.74 Å². The summed E-state index contributed by atoms with van der Waals surface area (Å²) in [6.45, 7) is 1.97. The molecular weight excluding hydrogens is 335 g/mol. The Morgan fingerprint density at radius 1 is 1.16 bits per heavy atom. The van der Waals surface area contributed by atoms with Gasteiger partial charge in [-0.2, -0.15) is 0 Å². The quantitative estimate of drug-likeness (QED) is 0.540. The fraction of sp³-hybridized carbons (Fsp3) is 0.190. The third kappa shape index (κ3) is 3.54. The Kier molecular flexibility index (Phi) is 5.09. The first-order valence-corrected chi connectivity index (χ1v) is 9.19. The van der Waals surface area contributed by atoms with Crippen LogP contribution < -0.4 is 0 Å². The van der Waals surface area contributed by atoms with Crippen molar-refractivity contribution in [2.75, 3.05) is 13.4 Å². The van der Waals surface area contributed by atoms with Crippen LogP contribution in [0.1, 0.15) is 30.0 Å². The molecule has 0 atom stereocenters. The number of halogens is 1. The number of esters is 1. The number of thioether (sulfide) groups is 1. The second-order valence-corrected chi connectivity index (χ2v) is 6.76. The minimum absolute atomic E-state index is 0.140. The highest BCUT2D eigenvalue weighted by atomic mass is 32.2. The third-order valence-corrected chi connectivity index (χ3v) is 5.17. The summed E-state index contributed by atoms with van der Waals surface area (Å²) in [5, 5.41) is 0. The van der Waals surface area contributed by atoms with Gasteiger partial charge in [0.2, 0.25) is 0 Å². The maximum Gasteiger partial charge on any atom is 0.310 e. The Hall–Kier alpha value is -2.33. The summed E-state index contributed by atoms with van der Waals surface area (Å²) in [6.07, 6.45) is 4.27. The van der Waals surface area contributed by atoms with Crippen molar-refractivity contribution in [3.05, 3.63) is 70.5 Å². The largest absolute Gasteiger partial charge is 0.469 e. The molecule has 0 saturated heterocycles. The van der Waals surface area contributed by atoms with Gasteiger partial charge in [0.05, 0.1) is 13.5 Å². The Morgan fingerprint density at radius 2 is 1.88 bits per heavy atom. The molecule has 4 heteroatoms. The zero-order chi connectivity index (χ0) is 18.0. The van der Waals surface area contributed by atoms with Gasteiger partial charge in [-0.25, -0.2) is 4.39 Å². The molecule has 0 bridgehead atoms. The smallest absolute Gasteiger partial charge is 0.310 e. The normalized spacial score (nSPS) is 14.8. The maximum atomic E-state index is 13.8. The van der Waals surface area contributed by atoms with E-state index in [1.54, 1.807) is 17.8 Å². The van der Waals surface area contributed by atoms with Gasteiger partial charge in [0.25, 0.3) is 0 Å². The molecule has 25 heavy (non-hydrogen) atoms. The predicted octanol–water partition coefficient (Wildman–Crippen LogP) is 5.44. The number of methoxy groups -OCH3 is 1. The minimum Gasteiger partial charge on any atom is -0.469 e. The lowest BCUT2D eigenvalue weighted by Gasteiger charge is -2.05. The summed E-state index contributed by atoms with van der Waals surface area (Å²) in [5.74, 6) is -0.630. The van der Waals surface area contributed by atoms with Crippen LogP contribution in [0, 0.1) is 5.82 Å². The molecule has 0 saturated carbocycles. The van der Waals surface area contributed by atoms with Crippen LogP contribution in [0.2, 0.25) is 0 Å². The van der Waals surface area contributed by atoms with Gasteiger partial charge >= 0.3 is 5.97 Å². The van der Waals surface area contributed by atoms with Crippen LogP contribution in [0.5, 0.6) is 0 Å². The van der Waals surface area contributed by atoms with Crippen molar-refractivity contribution >= 4 is 35.0 Å². The van der Waals surface area contributed by atoms with Crippen LogP contribution in [-0.2, 0) is 9.53 Å². The number of fused-ring (bicyclic) bond motifs is 1. The summed E-state index contributed by atoms with van der Waals surface area (Å²) < 4.78 is 18.6. The van der Waals surface area contributed by atoms with Gasteiger partial charge in [-0.15, -0.1) is 11.8 Å². The van der Waals surface area contributed by atoms with Crippen molar-refractivity contribution in [3.63, 3.8) is 0 Å². The lowest BCUT2D eigenvalue weighted by Crippen LogP contribution is -2.01. The first-order chi connectivity index (χ1) is 12.0. The SMILES string of the molecule is COC(=O)CC1=C(C)/C(=C\c2ccc(SC)cc2)c2ccc(F)cc21. The maximum absolute atomic E-state index is 13.8. The number of hydrogen-bond acceptors (Lipinski definition) is 3. The van der Waals surface area contributed by atoms with Crippen LogP contribution in [0.15, 0.2) is 52.9 Å². The van der Waals surface area contributed by atoms with Gasteiger partial charge in [0.15, 0.2) is 0 Å². The molecule has 2 aromatic carbocycles. The topological polar surface area (TPSA) is 26.3 Å². The van der Waals surface area contributed by atoms with E-state index in [1.165, 1.54) is 24.1 Å². The number of carbonyl (C=O) groups is 1. The fourth-order valence-electron chi connectivity index (χ4n) is 3.06. The molecule has 0 spiro atoms. The molecule has 0 N–H and O–H groups in total. The van der Waals surface area contributed by atoms with E-state index in [-0.39, 0.29) is 18.2 Å². The third-order valence-electron chi connectivity index (χ3n) is 4.43. The lowest BCUT2D eigenvalue weighted by atomic mass is 10.0. The molecule has 0 aromatic heterocycles. The Balaban J connectivity index is 2.09. The van der Waals surface area contributed by atoms with Crippen LogP contribution in [-0.4, -0.2) is 19.3 Å². The molecule has 1 aliphatic rings. The summed E-state index contributed by atoms with van der Waals surface area (Å²) in [7, 11) is 1.36. The van der Waals surface area contributed by atoms with Gasteiger partial charge < -0.3 is 4.74 Å². The average Bonchev–Trinajstić information content (AvgIpc) is 2.87. The average molecular weight is 354 g/mol. The molecule has 0 amide bonds. The monoisotopic (exact) mass is 354 g/mol. The molecule has 2 aromatic rings. The number of ether oxygens (including phenoxy) is 1. The summed E-state index contributed by atoms with van der Waals surface area (Å²) in [4.78, 5) is 13.0. The van der Waals surface area contributed by atoms with Crippen molar-refractivity contribution in [1.29, 1.82) is 0 Å². The number of carbonyl (C=O) groups excluding carboxylic acids is 1. The van der Waals surface area contributed by atoms with E-state index in [0.717, 1.165) is 33.4 Å². The second-order valence-electron chi connectivity index (χ2n) is 5.88. The van der Waals surface area contributed by atoms with Crippen molar-refractivity contribution in [3.8, 4) is 0 Å². The van der Waals surface area contributed by atoms with Crippen molar-refractivity contribution in [2.45, 2.75) is 18.2 Å². The fourth-order valence-corrected chi connectivity index (χ4v) is 3.47. The molecule has 0 unspecified atom stereocenters. The van der Waals surface area contributed by atoms with E-state index in [1.807, 2.05) is 13.2 Å². The first-order valence-electron chi connectivity index (χ1n) is 7.96. The van der Waals surface area contributed by atoms with E-state index in [2.05, 4.69) is 30.3 Å². The standard InChI is InChI=1S/C21H19FO2S/c1-13-18(10-14-4-7-16(25-3)8-5-14)17-9-6-15(22)11-20(17)19(13)12-21(23)24-2/h4-11H,12H2,1-3H3/b18-10+. The van der Waals surface area contributed by atoms with Gasteiger partial charge in [0, 0.05) is 4.90 Å². The summed E-state index contributed by atoms with van der Waals surface area (Å²) in [6, 6.07) is 13.0. The minimum atomic E-state index is -0.324. The highest BCUT2D eigenvalue weighted by Gasteiger charge is 2.25. The van der Waals surface area contributed by atoms with Gasteiger partial charge in [-0.05, 0) is 76.9 Å². The summed E-state index contributed by atoms with van der Waals surface area (Å²) in [5.41, 5.74) is 5.63. The van der Waals surface area contributed by atoms with Crippen molar-refractivity contribution in [2.24, 2.45) is 0 Å². The number of rotatable bonds is 4. The van der Waals surface area contributed by atoms with Crippen LogP contribution in [0.4, 0.5) is 4.39 Å². The van der Waals surface area contributed by atoms with Gasteiger partial charge in [-0.1, -0.05) is 18.2 Å². The molecule has 2 nitrogen and oxygen atoms in total. The highest BCUT2D eigenvalue weighted by molar-refractivity contribution is 7.98. The zero-order valence-electron chi connectivity index (χ0n) is 14.4. The van der Waals surface area contributed by atoms with Gasteiger partial charge in [-0.3, -0.25) is 4.79 Å². The molecule has 0 fully saturated rings. The molecular formula is C21H19FO2S. The highest BCUT2D eigenvalue weighted by Crippen LogP contribution is 2.43. The van der Waals surface area contributed by atoms with Crippen molar-refractivity contribution in [1.82, 2.24) is 0 Å². The van der Waals surface area contributed by atoms with Crippen LogP contribution in [0.3, 0.4) is 0 Å². The number of hydrogen-bond donors (Lipinski definition) is 0. The second kappa shape index (κ2) is 7.28. The Labute approximate surface area is 151 Å². The van der Waals surface area contributed by atoms with Crippen LogP contribution in [0.25, 0.3) is 17.2 Å². The van der Waals surface area contributed by atoms with E-state index < -0.39 is 0 Å². The lowest BCUT2D eigenvalue weighted by molar-refractivity contribution is -0.139. The molecule has 3 rings (SSSR count).